The van der Waals surface area contributed by atoms with E-state index in [0.717, 1.165) is 34.7 Å². The molecule has 20 heavy (non-hydrogen) atoms. The molecule has 0 saturated carbocycles. The molecule has 0 aliphatic carbocycles. The minimum Gasteiger partial charge on any atom is -0.187 e. The first-order chi connectivity index (χ1) is 9.79. The summed E-state index contributed by atoms with van der Waals surface area (Å²) in [6.07, 6.45) is 0.890. The van der Waals surface area contributed by atoms with Gasteiger partial charge >= 0.3 is 5.82 Å². The van der Waals surface area contributed by atoms with E-state index in [1.54, 1.807) is 0 Å². The standard InChI is InChI=1S/C16H12BrN3/c17-14-7-3-6-12(8-14)16-18-15-9-11-4-1-2-5-13(11)10-20(15)19-16/h1-8H,9-10H2/p+1. The van der Waals surface area contributed by atoms with Gasteiger partial charge in [0.05, 0.1) is 6.42 Å². The lowest BCUT2D eigenvalue weighted by molar-refractivity contribution is -0.751. The molecular weight excluding hydrogens is 314 g/mol. The van der Waals surface area contributed by atoms with Crippen LogP contribution in [0.15, 0.2) is 53.0 Å². The molecule has 3 nitrogen and oxygen atoms in total. The van der Waals surface area contributed by atoms with Crippen LogP contribution in [-0.2, 0) is 13.0 Å². The van der Waals surface area contributed by atoms with Crippen LogP contribution in [0.1, 0.15) is 17.0 Å². The molecule has 4 rings (SSSR count). The molecule has 4 heteroatoms. The molecule has 0 amide bonds. The summed E-state index contributed by atoms with van der Waals surface area (Å²) in [5.74, 6) is 2.02. The van der Waals surface area contributed by atoms with Crippen molar-refractivity contribution in [3.63, 3.8) is 0 Å². The molecule has 0 fully saturated rings. The van der Waals surface area contributed by atoms with Crippen molar-refractivity contribution in [2.24, 2.45) is 0 Å². The number of H-pyrrole nitrogens is 1. The monoisotopic (exact) mass is 326 g/mol. The lowest BCUT2D eigenvalue weighted by Gasteiger charge is -2.10. The highest BCUT2D eigenvalue weighted by Gasteiger charge is 2.26. The van der Waals surface area contributed by atoms with Crippen LogP contribution in [0.2, 0.25) is 0 Å². The van der Waals surface area contributed by atoms with Crippen molar-refractivity contribution < 1.29 is 4.68 Å². The number of halogens is 1. The number of hydrogen-bond acceptors (Lipinski definition) is 1. The number of benzene rings is 2. The highest BCUT2D eigenvalue weighted by Crippen LogP contribution is 2.22. The second kappa shape index (κ2) is 4.56. The Morgan fingerprint density at radius 1 is 1.05 bits per heavy atom. The Balaban J connectivity index is 1.76. The van der Waals surface area contributed by atoms with Crippen molar-refractivity contribution in [2.75, 3.05) is 0 Å². The number of aromatic amines is 1. The molecule has 2 heterocycles. The summed E-state index contributed by atoms with van der Waals surface area (Å²) in [6.45, 7) is 0.868. The summed E-state index contributed by atoms with van der Waals surface area (Å²) in [6, 6.07) is 16.8. The zero-order valence-corrected chi connectivity index (χ0v) is 12.4. The first-order valence-electron chi connectivity index (χ1n) is 6.61. The highest BCUT2D eigenvalue weighted by molar-refractivity contribution is 9.10. The molecule has 1 aliphatic rings. The lowest BCUT2D eigenvalue weighted by atomic mass is 10.0. The molecule has 0 saturated heterocycles. The predicted molar refractivity (Wildman–Crippen MR) is 80.3 cm³/mol. The van der Waals surface area contributed by atoms with Crippen LogP contribution in [0.25, 0.3) is 11.4 Å². The van der Waals surface area contributed by atoms with Crippen LogP contribution >= 0.6 is 15.9 Å². The highest BCUT2D eigenvalue weighted by atomic mass is 79.9. The zero-order valence-electron chi connectivity index (χ0n) is 10.8. The van der Waals surface area contributed by atoms with Crippen LogP contribution in [0.4, 0.5) is 0 Å². The Morgan fingerprint density at radius 2 is 1.90 bits per heavy atom. The Kier molecular flexibility index (Phi) is 2.70. The fourth-order valence-electron chi connectivity index (χ4n) is 2.66. The van der Waals surface area contributed by atoms with Gasteiger partial charge in [-0.3, -0.25) is 0 Å². The molecule has 0 bridgehead atoms. The van der Waals surface area contributed by atoms with Gasteiger partial charge in [-0.05, 0) is 34.3 Å². The number of hydrogen-bond donors (Lipinski definition) is 1. The molecule has 3 aromatic rings. The second-order valence-corrected chi connectivity index (χ2v) is 5.95. The maximum atomic E-state index is 4.75. The van der Waals surface area contributed by atoms with E-state index >= 15 is 0 Å². The van der Waals surface area contributed by atoms with Gasteiger partial charge in [0.25, 0.3) is 5.82 Å². The lowest BCUT2D eigenvalue weighted by Crippen LogP contribution is -2.43. The average Bonchev–Trinajstić information content (AvgIpc) is 2.87. The quantitative estimate of drug-likeness (QED) is 0.536. The number of rotatable bonds is 1. The molecule has 0 radical (unpaired) electrons. The Morgan fingerprint density at radius 3 is 2.75 bits per heavy atom. The van der Waals surface area contributed by atoms with E-state index in [4.69, 9.17) is 4.98 Å². The van der Waals surface area contributed by atoms with Gasteiger partial charge < -0.3 is 0 Å². The molecule has 1 aromatic heterocycles. The van der Waals surface area contributed by atoms with E-state index in [9.17, 15) is 0 Å². The van der Waals surface area contributed by atoms with E-state index < -0.39 is 0 Å². The van der Waals surface area contributed by atoms with Crippen LogP contribution < -0.4 is 4.68 Å². The molecule has 0 spiro atoms. The van der Waals surface area contributed by atoms with Crippen molar-refractivity contribution in [1.82, 2.24) is 10.1 Å². The maximum absolute atomic E-state index is 4.75. The largest absolute Gasteiger partial charge is 0.324 e. The summed E-state index contributed by atoms with van der Waals surface area (Å²) >= 11 is 3.51. The van der Waals surface area contributed by atoms with E-state index in [1.165, 1.54) is 11.1 Å². The first kappa shape index (κ1) is 11.9. The fraction of sp³-hybridized carbons (Fsp3) is 0.125. The number of aromatic nitrogens is 3. The smallest absolute Gasteiger partial charge is 0.187 e. The van der Waals surface area contributed by atoms with E-state index in [2.05, 4.69) is 62.1 Å². The van der Waals surface area contributed by atoms with Crippen molar-refractivity contribution >= 4 is 15.9 Å². The van der Waals surface area contributed by atoms with E-state index in [0.29, 0.717) is 0 Å². The fourth-order valence-corrected chi connectivity index (χ4v) is 3.06. The molecule has 0 unspecified atom stereocenters. The Labute approximate surface area is 125 Å². The van der Waals surface area contributed by atoms with Gasteiger partial charge in [0.1, 0.15) is 6.54 Å². The predicted octanol–water partition coefficient (Wildman–Crippen LogP) is 3.08. The van der Waals surface area contributed by atoms with E-state index in [1.807, 2.05) is 12.1 Å². The number of nitrogens with zero attached hydrogens (tertiary/aromatic N) is 2. The molecular formula is C16H13BrN3+. The van der Waals surface area contributed by atoms with E-state index in [-0.39, 0.29) is 0 Å². The van der Waals surface area contributed by atoms with Gasteiger partial charge in [0.15, 0.2) is 0 Å². The zero-order chi connectivity index (χ0) is 13.5. The third kappa shape index (κ3) is 1.96. The summed E-state index contributed by atoms with van der Waals surface area (Å²) in [7, 11) is 0. The molecule has 1 N–H and O–H groups in total. The summed E-state index contributed by atoms with van der Waals surface area (Å²) in [5.41, 5.74) is 3.85. The minimum atomic E-state index is 0.868. The SMILES string of the molecule is Brc1cccc(-c2nc3[n+]([nH]2)Cc2ccccc2C3)c1. The molecule has 0 atom stereocenters. The molecule has 98 valence electrons. The summed E-state index contributed by atoms with van der Waals surface area (Å²) < 4.78 is 3.20. The van der Waals surface area contributed by atoms with Gasteiger partial charge in [-0.1, -0.05) is 46.3 Å². The number of fused-ring (bicyclic) bond motifs is 2. The van der Waals surface area contributed by atoms with Crippen LogP contribution in [0, 0.1) is 0 Å². The van der Waals surface area contributed by atoms with Crippen molar-refractivity contribution in [1.29, 1.82) is 0 Å². The van der Waals surface area contributed by atoms with Crippen molar-refractivity contribution in [3.05, 3.63) is 70.0 Å². The maximum Gasteiger partial charge on any atom is 0.324 e. The van der Waals surface area contributed by atoms with Crippen LogP contribution in [0.3, 0.4) is 0 Å². The van der Waals surface area contributed by atoms with Crippen molar-refractivity contribution in [2.45, 2.75) is 13.0 Å². The second-order valence-electron chi connectivity index (χ2n) is 5.03. The third-order valence-corrected chi connectivity index (χ3v) is 4.18. The van der Waals surface area contributed by atoms with Gasteiger partial charge in [-0.2, -0.15) is 9.78 Å². The van der Waals surface area contributed by atoms with Crippen LogP contribution in [0.5, 0.6) is 0 Å². The first-order valence-corrected chi connectivity index (χ1v) is 7.40. The Hall–Kier alpha value is -1.94. The minimum absolute atomic E-state index is 0.868. The molecule has 1 aliphatic heterocycles. The Bertz CT molecular complexity index is 749. The normalized spacial score (nSPS) is 12.8. The van der Waals surface area contributed by atoms with Gasteiger partial charge in [0.2, 0.25) is 0 Å². The van der Waals surface area contributed by atoms with Gasteiger partial charge in [-0.15, -0.1) is 0 Å². The summed E-state index contributed by atoms with van der Waals surface area (Å²) in [5, 5.41) is 3.40. The average molecular weight is 327 g/mol. The van der Waals surface area contributed by atoms with Gasteiger partial charge in [-0.25, -0.2) is 0 Å². The van der Waals surface area contributed by atoms with Crippen LogP contribution in [-0.4, -0.2) is 10.1 Å². The van der Waals surface area contributed by atoms with Gasteiger partial charge in [0, 0.05) is 10.0 Å². The third-order valence-electron chi connectivity index (χ3n) is 3.69. The number of nitrogens with one attached hydrogen (secondary N) is 1. The molecule has 2 aromatic carbocycles. The topological polar surface area (TPSA) is 32.6 Å². The summed E-state index contributed by atoms with van der Waals surface area (Å²) in [4.78, 5) is 4.75. The van der Waals surface area contributed by atoms with Crippen molar-refractivity contribution in [3.8, 4) is 11.4 Å².